The van der Waals surface area contributed by atoms with E-state index in [1.807, 2.05) is 0 Å². The van der Waals surface area contributed by atoms with Gasteiger partial charge in [0.2, 0.25) is 0 Å². The number of rotatable bonds is 6. The average molecular weight is 268 g/mol. The standard InChI is InChI=1S/C14H28N4O/c1-3-17(4-2)7-8-18-13(11-16-14(18)15)12-5-9-19-10-6-12/h12-13H,3-11H2,1-2H3,(H2,15,16). The summed E-state index contributed by atoms with van der Waals surface area (Å²) in [6, 6.07) is 0.500. The van der Waals surface area contributed by atoms with Crippen LogP contribution >= 0.6 is 0 Å². The molecular weight excluding hydrogens is 240 g/mol. The third kappa shape index (κ3) is 3.60. The number of likely N-dealkylation sites (N-methyl/N-ethyl adjacent to an activating group) is 1. The van der Waals surface area contributed by atoms with Gasteiger partial charge >= 0.3 is 0 Å². The predicted molar refractivity (Wildman–Crippen MR) is 78.3 cm³/mol. The summed E-state index contributed by atoms with van der Waals surface area (Å²) in [5.41, 5.74) is 6.07. The Morgan fingerprint density at radius 1 is 1.32 bits per heavy atom. The van der Waals surface area contributed by atoms with Gasteiger partial charge in [-0.2, -0.15) is 0 Å². The van der Waals surface area contributed by atoms with Crippen LogP contribution in [0, 0.1) is 5.92 Å². The Balaban J connectivity index is 1.89. The Hall–Kier alpha value is -0.810. The summed E-state index contributed by atoms with van der Waals surface area (Å²) < 4.78 is 5.46. The molecule has 0 aromatic rings. The van der Waals surface area contributed by atoms with E-state index in [1.165, 1.54) is 0 Å². The summed E-state index contributed by atoms with van der Waals surface area (Å²) >= 11 is 0. The molecular formula is C14H28N4O. The van der Waals surface area contributed by atoms with Gasteiger partial charge in [-0.25, -0.2) is 0 Å². The Labute approximate surface area is 116 Å². The third-order valence-corrected chi connectivity index (χ3v) is 4.50. The third-order valence-electron chi connectivity index (χ3n) is 4.50. The first-order valence-electron chi connectivity index (χ1n) is 7.62. The van der Waals surface area contributed by atoms with Crippen LogP contribution in [0.2, 0.25) is 0 Å². The Morgan fingerprint density at radius 3 is 2.63 bits per heavy atom. The van der Waals surface area contributed by atoms with E-state index in [9.17, 15) is 0 Å². The quantitative estimate of drug-likeness (QED) is 0.772. The highest BCUT2D eigenvalue weighted by molar-refractivity contribution is 5.80. The fraction of sp³-hybridized carbons (Fsp3) is 0.929. The zero-order chi connectivity index (χ0) is 13.7. The molecule has 1 saturated heterocycles. The maximum Gasteiger partial charge on any atom is 0.191 e. The smallest absolute Gasteiger partial charge is 0.191 e. The Kier molecular flexibility index (Phi) is 5.45. The maximum atomic E-state index is 6.07. The van der Waals surface area contributed by atoms with Crippen LogP contribution in [0.3, 0.4) is 0 Å². The molecule has 2 aliphatic heterocycles. The van der Waals surface area contributed by atoms with Crippen molar-refractivity contribution >= 4 is 5.96 Å². The number of nitrogens with zero attached hydrogens (tertiary/aromatic N) is 3. The van der Waals surface area contributed by atoms with E-state index in [2.05, 4.69) is 28.6 Å². The molecule has 110 valence electrons. The molecule has 0 spiro atoms. The minimum absolute atomic E-state index is 0.500. The van der Waals surface area contributed by atoms with Crippen LogP contribution in [0.5, 0.6) is 0 Å². The van der Waals surface area contributed by atoms with Gasteiger partial charge in [0.1, 0.15) is 0 Å². The molecule has 0 bridgehead atoms. The van der Waals surface area contributed by atoms with Crippen molar-refractivity contribution in [3.05, 3.63) is 0 Å². The second-order valence-corrected chi connectivity index (χ2v) is 5.44. The molecule has 5 heteroatoms. The van der Waals surface area contributed by atoms with Crippen molar-refractivity contribution in [1.82, 2.24) is 9.80 Å². The van der Waals surface area contributed by atoms with E-state index in [-0.39, 0.29) is 0 Å². The van der Waals surface area contributed by atoms with E-state index in [1.54, 1.807) is 0 Å². The normalized spacial score (nSPS) is 25.1. The molecule has 2 rings (SSSR count). The van der Waals surface area contributed by atoms with E-state index in [0.29, 0.717) is 12.0 Å². The molecule has 0 amide bonds. The zero-order valence-corrected chi connectivity index (χ0v) is 12.3. The van der Waals surface area contributed by atoms with Crippen LogP contribution in [-0.4, -0.2) is 67.7 Å². The molecule has 0 saturated carbocycles. The molecule has 1 fully saturated rings. The first-order valence-corrected chi connectivity index (χ1v) is 7.62. The van der Waals surface area contributed by atoms with Crippen molar-refractivity contribution in [3.8, 4) is 0 Å². The van der Waals surface area contributed by atoms with Crippen molar-refractivity contribution in [3.63, 3.8) is 0 Å². The van der Waals surface area contributed by atoms with Crippen molar-refractivity contribution in [1.29, 1.82) is 0 Å². The highest BCUT2D eigenvalue weighted by Gasteiger charge is 2.33. The number of hydrogen-bond donors (Lipinski definition) is 1. The molecule has 5 nitrogen and oxygen atoms in total. The zero-order valence-electron chi connectivity index (χ0n) is 12.3. The topological polar surface area (TPSA) is 54.1 Å². The number of nitrogens with two attached hydrogens (primary N) is 1. The van der Waals surface area contributed by atoms with Gasteiger partial charge in [0.15, 0.2) is 5.96 Å². The van der Waals surface area contributed by atoms with Gasteiger partial charge < -0.3 is 20.3 Å². The van der Waals surface area contributed by atoms with E-state index in [0.717, 1.165) is 64.7 Å². The second kappa shape index (κ2) is 7.10. The van der Waals surface area contributed by atoms with Crippen molar-refractivity contribution in [2.24, 2.45) is 16.6 Å². The van der Waals surface area contributed by atoms with Gasteiger partial charge in [-0.1, -0.05) is 13.8 Å². The fourth-order valence-electron chi connectivity index (χ4n) is 3.12. The molecule has 1 atom stereocenters. The lowest BCUT2D eigenvalue weighted by Gasteiger charge is -2.35. The highest BCUT2D eigenvalue weighted by atomic mass is 16.5. The van der Waals surface area contributed by atoms with Crippen LogP contribution in [-0.2, 0) is 4.74 Å². The lowest BCUT2D eigenvalue weighted by atomic mass is 9.91. The van der Waals surface area contributed by atoms with Gasteiger partial charge in [0.25, 0.3) is 0 Å². The van der Waals surface area contributed by atoms with Gasteiger partial charge in [0.05, 0.1) is 12.6 Å². The van der Waals surface area contributed by atoms with Crippen molar-refractivity contribution in [2.45, 2.75) is 32.7 Å². The molecule has 0 radical (unpaired) electrons. The summed E-state index contributed by atoms with van der Waals surface area (Å²) in [7, 11) is 0. The van der Waals surface area contributed by atoms with Crippen molar-refractivity contribution in [2.75, 3.05) is 45.9 Å². The molecule has 0 aromatic carbocycles. The first-order chi connectivity index (χ1) is 9.26. The van der Waals surface area contributed by atoms with Crippen LogP contribution < -0.4 is 5.73 Å². The van der Waals surface area contributed by atoms with Gasteiger partial charge in [-0.15, -0.1) is 0 Å². The molecule has 0 aromatic heterocycles. The van der Waals surface area contributed by atoms with E-state index < -0.39 is 0 Å². The number of guanidine groups is 1. The molecule has 2 heterocycles. The second-order valence-electron chi connectivity index (χ2n) is 5.44. The van der Waals surface area contributed by atoms with E-state index >= 15 is 0 Å². The number of ether oxygens (including phenoxy) is 1. The monoisotopic (exact) mass is 268 g/mol. The summed E-state index contributed by atoms with van der Waals surface area (Å²) in [6.07, 6.45) is 2.30. The number of aliphatic imine (C=N–C) groups is 1. The SMILES string of the molecule is CCN(CC)CCN1C(N)=NCC1C1CCOCC1. The molecule has 1 unspecified atom stereocenters. The van der Waals surface area contributed by atoms with Gasteiger partial charge in [0, 0.05) is 26.3 Å². The minimum atomic E-state index is 0.500. The van der Waals surface area contributed by atoms with Gasteiger partial charge in [-0.05, 0) is 31.8 Å². The largest absolute Gasteiger partial charge is 0.381 e. The van der Waals surface area contributed by atoms with Crippen LogP contribution in [0.4, 0.5) is 0 Å². The summed E-state index contributed by atoms with van der Waals surface area (Å²) in [6.45, 7) is 11.3. The lowest BCUT2D eigenvalue weighted by Crippen LogP contribution is -2.48. The minimum Gasteiger partial charge on any atom is -0.381 e. The molecule has 19 heavy (non-hydrogen) atoms. The van der Waals surface area contributed by atoms with Crippen LogP contribution in [0.1, 0.15) is 26.7 Å². The van der Waals surface area contributed by atoms with Crippen LogP contribution in [0.15, 0.2) is 4.99 Å². The average Bonchev–Trinajstić information content (AvgIpc) is 2.82. The Bertz CT molecular complexity index is 298. The molecule has 0 aliphatic carbocycles. The van der Waals surface area contributed by atoms with Crippen molar-refractivity contribution < 1.29 is 4.74 Å². The lowest BCUT2D eigenvalue weighted by molar-refractivity contribution is 0.0432. The number of hydrogen-bond acceptors (Lipinski definition) is 5. The van der Waals surface area contributed by atoms with Gasteiger partial charge in [-0.3, -0.25) is 4.99 Å². The van der Waals surface area contributed by atoms with Crippen LogP contribution in [0.25, 0.3) is 0 Å². The van der Waals surface area contributed by atoms with E-state index in [4.69, 9.17) is 10.5 Å². The summed E-state index contributed by atoms with van der Waals surface area (Å²) in [5, 5.41) is 0. The summed E-state index contributed by atoms with van der Waals surface area (Å²) in [4.78, 5) is 9.23. The summed E-state index contributed by atoms with van der Waals surface area (Å²) in [5.74, 6) is 1.43. The Morgan fingerprint density at radius 2 is 2.00 bits per heavy atom. The molecule has 2 N–H and O–H groups in total. The highest BCUT2D eigenvalue weighted by Crippen LogP contribution is 2.25. The predicted octanol–water partition coefficient (Wildman–Crippen LogP) is 0.754. The fourth-order valence-corrected chi connectivity index (χ4v) is 3.12. The maximum absolute atomic E-state index is 6.07. The molecule has 2 aliphatic rings. The first kappa shape index (κ1) is 14.6.